The number of likely N-dealkylation sites (N-methyl/N-ethyl adjacent to an activating group) is 1. The minimum atomic E-state index is -0.536. The fourth-order valence-corrected chi connectivity index (χ4v) is 2.03. The predicted molar refractivity (Wildman–Crippen MR) is 43.9 cm³/mol. The Kier molecular flexibility index (Phi) is 2.29. The maximum absolute atomic E-state index is 9.72. The van der Waals surface area contributed by atoms with Crippen molar-refractivity contribution in [1.82, 2.24) is 5.06 Å². The van der Waals surface area contributed by atoms with Gasteiger partial charge in [-0.1, -0.05) is 0 Å². The lowest BCUT2D eigenvalue weighted by molar-refractivity contribution is -0.397. The fraction of sp³-hybridized carbons (Fsp3) is 1.00. The summed E-state index contributed by atoms with van der Waals surface area (Å²) in [7, 11) is 1.77. The molecule has 13 heavy (non-hydrogen) atoms. The first-order valence-corrected chi connectivity index (χ1v) is 4.49. The van der Waals surface area contributed by atoms with Crippen molar-refractivity contribution in [3.63, 3.8) is 0 Å². The van der Waals surface area contributed by atoms with Gasteiger partial charge in [0.05, 0.1) is 18.8 Å². The number of aliphatic hydroxyl groups excluding tert-OH is 2. The quantitative estimate of drug-likeness (QED) is 0.539. The van der Waals surface area contributed by atoms with E-state index in [0.717, 1.165) is 0 Å². The summed E-state index contributed by atoms with van der Waals surface area (Å²) in [5.74, 6) is 0. The van der Waals surface area contributed by atoms with Crippen LogP contribution in [0.25, 0.3) is 0 Å². The van der Waals surface area contributed by atoms with E-state index < -0.39 is 6.10 Å². The number of nitrogens with zero attached hydrogens (tertiary/aromatic N) is 1. The molecular weight excluding hydrogens is 174 g/mol. The van der Waals surface area contributed by atoms with Crippen LogP contribution in [-0.4, -0.2) is 59.4 Å². The normalized spacial score (nSPS) is 51.2. The van der Waals surface area contributed by atoms with Crippen molar-refractivity contribution in [3.05, 3.63) is 0 Å². The highest BCUT2D eigenvalue weighted by molar-refractivity contribution is 4.99. The minimum absolute atomic E-state index is 0.0408. The van der Waals surface area contributed by atoms with E-state index >= 15 is 0 Å². The molecule has 0 saturated carbocycles. The molecule has 0 aromatic heterocycles. The average molecular weight is 189 g/mol. The average Bonchev–Trinajstić information content (AvgIpc) is 2.08. The maximum atomic E-state index is 9.72. The topological polar surface area (TPSA) is 62.2 Å². The van der Waals surface area contributed by atoms with E-state index in [0.29, 0.717) is 0 Å². The van der Waals surface area contributed by atoms with Crippen molar-refractivity contribution in [1.29, 1.82) is 0 Å². The van der Waals surface area contributed by atoms with Gasteiger partial charge < -0.3 is 14.9 Å². The number of hydrogen-bond acceptors (Lipinski definition) is 5. The Bertz CT molecular complexity index is 201. The number of hydroxylamine groups is 2. The number of aliphatic hydroxyl groups is 2. The molecule has 0 amide bonds. The molecule has 2 saturated heterocycles. The number of fused-ring (bicyclic) bond motifs is 1. The van der Waals surface area contributed by atoms with Crippen LogP contribution in [0.2, 0.25) is 0 Å². The summed E-state index contributed by atoms with van der Waals surface area (Å²) >= 11 is 0. The van der Waals surface area contributed by atoms with Gasteiger partial charge in [-0.15, -0.1) is 0 Å². The van der Waals surface area contributed by atoms with Gasteiger partial charge in [0.2, 0.25) is 0 Å². The summed E-state index contributed by atoms with van der Waals surface area (Å²) in [5.41, 5.74) is 0. The van der Waals surface area contributed by atoms with E-state index in [9.17, 15) is 5.11 Å². The Labute approximate surface area is 76.8 Å². The summed E-state index contributed by atoms with van der Waals surface area (Å²) in [4.78, 5) is 5.25. The lowest BCUT2D eigenvalue weighted by Gasteiger charge is -2.54. The Morgan fingerprint density at radius 2 is 2.15 bits per heavy atom. The molecule has 2 aliphatic rings. The zero-order valence-corrected chi connectivity index (χ0v) is 7.75. The summed E-state index contributed by atoms with van der Waals surface area (Å²) in [6.07, 6.45) is -1.28. The number of ether oxygens (including phenoxy) is 1. The summed E-state index contributed by atoms with van der Waals surface area (Å²) in [6.45, 7) is 1.74. The highest BCUT2D eigenvalue weighted by Gasteiger charge is 2.53. The number of rotatable bonds is 1. The highest BCUT2D eigenvalue weighted by Crippen LogP contribution is 2.33. The van der Waals surface area contributed by atoms with Crippen LogP contribution in [-0.2, 0) is 9.57 Å². The van der Waals surface area contributed by atoms with Crippen LogP contribution in [0.1, 0.15) is 6.92 Å². The minimum Gasteiger partial charge on any atom is -0.394 e. The van der Waals surface area contributed by atoms with Crippen LogP contribution in [0.5, 0.6) is 0 Å². The molecule has 0 aliphatic carbocycles. The third-order valence-corrected chi connectivity index (χ3v) is 2.81. The molecule has 2 heterocycles. The predicted octanol–water partition coefficient (Wildman–Crippen LogP) is -1.26. The molecule has 0 spiro atoms. The molecule has 0 bridgehead atoms. The van der Waals surface area contributed by atoms with Crippen molar-refractivity contribution < 1.29 is 19.8 Å². The summed E-state index contributed by atoms with van der Waals surface area (Å²) in [6, 6.07) is -0.0408. The molecule has 5 heteroatoms. The Balaban J connectivity index is 2.09. The van der Waals surface area contributed by atoms with E-state index in [1.165, 1.54) is 0 Å². The van der Waals surface area contributed by atoms with Crippen LogP contribution in [0, 0.1) is 0 Å². The first-order chi connectivity index (χ1) is 6.15. The zero-order chi connectivity index (χ0) is 9.59. The van der Waals surface area contributed by atoms with E-state index in [1.54, 1.807) is 19.0 Å². The molecule has 2 aliphatic heterocycles. The Hall–Kier alpha value is -0.200. The van der Waals surface area contributed by atoms with E-state index in [1.807, 2.05) is 0 Å². The zero-order valence-electron chi connectivity index (χ0n) is 7.75. The third kappa shape index (κ3) is 1.28. The second-order valence-electron chi connectivity index (χ2n) is 3.66. The molecule has 2 fully saturated rings. The second kappa shape index (κ2) is 3.18. The molecular formula is C8H15NO4. The van der Waals surface area contributed by atoms with Gasteiger partial charge in [0.25, 0.3) is 0 Å². The molecule has 76 valence electrons. The van der Waals surface area contributed by atoms with Crippen LogP contribution >= 0.6 is 0 Å². The van der Waals surface area contributed by atoms with Crippen molar-refractivity contribution in [2.24, 2.45) is 0 Å². The maximum Gasteiger partial charge on any atom is 0.128 e. The first-order valence-electron chi connectivity index (χ1n) is 4.49. The largest absolute Gasteiger partial charge is 0.394 e. The van der Waals surface area contributed by atoms with Crippen molar-refractivity contribution >= 4 is 0 Å². The van der Waals surface area contributed by atoms with Crippen LogP contribution in [0.15, 0.2) is 0 Å². The van der Waals surface area contributed by atoms with Gasteiger partial charge in [0.15, 0.2) is 0 Å². The van der Waals surface area contributed by atoms with E-state index in [2.05, 4.69) is 0 Å². The van der Waals surface area contributed by atoms with Gasteiger partial charge in [-0.05, 0) is 6.92 Å². The van der Waals surface area contributed by atoms with Crippen LogP contribution < -0.4 is 0 Å². The molecule has 0 aromatic rings. The van der Waals surface area contributed by atoms with Gasteiger partial charge in [-0.25, -0.2) is 0 Å². The third-order valence-electron chi connectivity index (χ3n) is 2.81. The molecule has 2 rings (SSSR count). The van der Waals surface area contributed by atoms with Crippen molar-refractivity contribution in [2.75, 3.05) is 13.7 Å². The second-order valence-corrected chi connectivity index (χ2v) is 3.66. The van der Waals surface area contributed by atoms with E-state index in [-0.39, 0.29) is 31.0 Å². The SMILES string of the molecule is CC1OC(CO)C2ON(C)C2C1O. The van der Waals surface area contributed by atoms with Gasteiger partial charge in [0.1, 0.15) is 18.3 Å². The van der Waals surface area contributed by atoms with Gasteiger partial charge in [-0.2, -0.15) is 5.06 Å². The van der Waals surface area contributed by atoms with Gasteiger partial charge >= 0.3 is 0 Å². The molecule has 5 nitrogen and oxygen atoms in total. The number of hydrogen-bond donors (Lipinski definition) is 2. The Morgan fingerprint density at radius 1 is 1.46 bits per heavy atom. The van der Waals surface area contributed by atoms with Crippen molar-refractivity contribution in [3.8, 4) is 0 Å². The van der Waals surface area contributed by atoms with Gasteiger partial charge in [0, 0.05) is 7.05 Å². The first kappa shape index (κ1) is 9.36. The fourth-order valence-electron chi connectivity index (χ4n) is 2.03. The van der Waals surface area contributed by atoms with E-state index in [4.69, 9.17) is 14.7 Å². The standard InChI is InChI=1S/C8H15NO4/c1-4-7(11)6-8(13-9(6)2)5(3-10)12-4/h4-8,10-11H,3H2,1-2H3. The Morgan fingerprint density at radius 3 is 2.69 bits per heavy atom. The van der Waals surface area contributed by atoms with Crippen LogP contribution in [0.4, 0.5) is 0 Å². The molecule has 2 N–H and O–H groups in total. The van der Waals surface area contributed by atoms with Gasteiger partial charge in [-0.3, -0.25) is 4.84 Å². The molecule has 0 aromatic carbocycles. The molecule has 0 radical (unpaired) electrons. The molecule has 5 unspecified atom stereocenters. The lowest BCUT2D eigenvalue weighted by atomic mass is 9.91. The highest BCUT2D eigenvalue weighted by atomic mass is 16.7. The summed E-state index contributed by atoms with van der Waals surface area (Å²) in [5, 5.41) is 20.3. The monoisotopic (exact) mass is 189 g/mol. The lowest BCUT2D eigenvalue weighted by Crippen LogP contribution is -2.72. The summed E-state index contributed by atoms with van der Waals surface area (Å²) < 4.78 is 5.38. The molecule has 5 atom stereocenters. The smallest absolute Gasteiger partial charge is 0.128 e. The van der Waals surface area contributed by atoms with Crippen molar-refractivity contribution in [2.45, 2.75) is 37.4 Å². The van der Waals surface area contributed by atoms with Crippen LogP contribution in [0.3, 0.4) is 0 Å².